The Labute approximate surface area is 106 Å². The van der Waals surface area contributed by atoms with Gasteiger partial charge in [-0.1, -0.05) is 0 Å². The zero-order chi connectivity index (χ0) is 12.4. The molecule has 0 bridgehead atoms. The molecule has 2 aromatic rings. The lowest BCUT2D eigenvalue weighted by Gasteiger charge is -2.22. The second-order valence-electron chi connectivity index (χ2n) is 4.81. The number of rotatable bonds is 3. The fraction of sp³-hybridized carbons (Fsp3) is 0.538. The molecule has 0 aliphatic carbocycles. The molecular formula is C13H18N4O. The number of imidazole rings is 1. The van der Waals surface area contributed by atoms with E-state index in [1.807, 2.05) is 25.5 Å². The first-order chi connectivity index (χ1) is 8.84. The highest BCUT2D eigenvalue weighted by Crippen LogP contribution is 2.18. The van der Waals surface area contributed by atoms with Crippen LogP contribution in [0.25, 0.3) is 5.65 Å². The summed E-state index contributed by atoms with van der Waals surface area (Å²) in [6, 6.07) is 0. The number of ether oxygens (including phenoxy) is 1. The Balaban J connectivity index is 1.74. The summed E-state index contributed by atoms with van der Waals surface area (Å²) in [5, 5.41) is 3.42. The van der Waals surface area contributed by atoms with Gasteiger partial charge in [0, 0.05) is 44.0 Å². The van der Waals surface area contributed by atoms with Crippen molar-refractivity contribution in [2.45, 2.75) is 19.8 Å². The van der Waals surface area contributed by atoms with E-state index in [4.69, 9.17) is 4.74 Å². The molecule has 1 aliphatic rings. The van der Waals surface area contributed by atoms with Gasteiger partial charge in [-0.25, -0.2) is 9.97 Å². The van der Waals surface area contributed by atoms with Crippen molar-refractivity contribution in [1.82, 2.24) is 14.4 Å². The van der Waals surface area contributed by atoms with Crippen LogP contribution in [0.1, 0.15) is 18.5 Å². The highest BCUT2D eigenvalue weighted by atomic mass is 16.5. The van der Waals surface area contributed by atoms with E-state index < -0.39 is 0 Å². The van der Waals surface area contributed by atoms with Crippen LogP contribution < -0.4 is 5.32 Å². The monoisotopic (exact) mass is 246 g/mol. The lowest BCUT2D eigenvalue weighted by molar-refractivity contribution is 0.0699. The van der Waals surface area contributed by atoms with Gasteiger partial charge in [-0.3, -0.25) is 4.40 Å². The fourth-order valence-electron chi connectivity index (χ4n) is 2.36. The van der Waals surface area contributed by atoms with Crippen molar-refractivity contribution >= 4 is 11.5 Å². The minimum absolute atomic E-state index is 0.678. The number of hydrogen-bond donors (Lipinski definition) is 1. The minimum Gasteiger partial charge on any atom is -0.381 e. The Morgan fingerprint density at radius 2 is 2.22 bits per heavy atom. The van der Waals surface area contributed by atoms with Gasteiger partial charge in [0.05, 0.1) is 0 Å². The van der Waals surface area contributed by atoms with Crippen LogP contribution in [0.5, 0.6) is 0 Å². The molecule has 1 fully saturated rings. The molecule has 3 heterocycles. The highest BCUT2D eigenvalue weighted by Gasteiger charge is 2.14. The van der Waals surface area contributed by atoms with Crippen LogP contribution in [-0.2, 0) is 4.74 Å². The molecule has 1 N–H and O–H groups in total. The van der Waals surface area contributed by atoms with Gasteiger partial charge in [0.2, 0.25) is 0 Å². The first-order valence-electron chi connectivity index (χ1n) is 6.45. The SMILES string of the molecule is Cc1cnc2c(NCC3CCOCC3)nccn12. The lowest BCUT2D eigenvalue weighted by atomic mass is 10.0. The fourth-order valence-corrected chi connectivity index (χ4v) is 2.36. The normalized spacial score (nSPS) is 17.2. The van der Waals surface area contributed by atoms with Gasteiger partial charge in [-0.15, -0.1) is 0 Å². The van der Waals surface area contributed by atoms with Gasteiger partial charge >= 0.3 is 0 Å². The van der Waals surface area contributed by atoms with E-state index in [2.05, 4.69) is 19.7 Å². The molecule has 0 radical (unpaired) electrons. The second kappa shape index (κ2) is 4.94. The summed E-state index contributed by atoms with van der Waals surface area (Å²) in [6.45, 7) is 4.75. The van der Waals surface area contributed by atoms with Crippen LogP contribution >= 0.6 is 0 Å². The predicted octanol–water partition coefficient (Wildman–Crippen LogP) is 1.88. The second-order valence-corrected chi connectivity index (χ2v) is 4.81. The van der Waals surface area contributed by atoms with E-state index in [-0.39, 0.29) is 0 Å². The average molecular weight is 246 g/mol. The van der Waals surface area contributed by atoms with Crippen molar-refractivity contribution < 1.29 is 4.74 Å². The molecule has 1 aliphatic heterocycles. The van der Waals surface area contributed by atoms with Crippen molar-refractivity contribution in [3.63, 3.8) is 0 Å². The van der Waals surface area contributed by atoms with Gasteiger partial charge in [0.1, 0.15) is 0 Å². The molecule has 2 aromatic heterocycles. The Bertz CT molecular complexity index is 531. The van der Waals surface area contributed by atoms with Crippen molar-refractivity contribution in [1.29, 1.82) is 0 Å². The topological polar surface area (TPSA) is 51.5 Å². The summed E-state index contributed by atoms with van der Waals surface area (Å²) in [5.41, 5.74) is 2.03. The molecule has 0 saturated carbocycles. The lowest BCUT2D eigenvalue weighted by Crippen LogP contribution is -2.23. The van der Waals surface area contributed by atoms with Gasteiger partial charge in [0.25, 0.3) is 0 Å². The van der Waals surface area contributed by atoms with E-state index in [1.165, 1.54) is 0 Å². The summed E-state index contributed by atoms with van der Waals surface area (Å²) in [6.07, 6.45) is 7.88. The Morgan fingerprint density at radius 3 is 3.06 bits per heavy atom. The Morgan fingerprint density at radius 1 is 1.39 bits per heavy atom. The maximum absolute atomic E-state index is 5.37. The molecule has 0 aromatic carbocycles. The van der Waals surface area contributed by atoms with Gasteiger partial charge < -0.3 is 10.1 Å². The number of fused-ring (bicyclic) bond motifs is 1. The maximum atomic E-state index is 5.37. The van der Waals surface area contributed by atoms with E-state index in [0.717, 1.165) is 49.8 Å². The number of nitrogens with zero attached hydrogens (tertiary/aromatic N) is 3. The molecule has 5 nitrogen and oxygen atoms in total. The van der Waals surface area contributed by atoms with Gasteiger partial charge in [-0.2, -0.15) is 0 Å². The van der Waals surface area contributed by atoms with E-state index in [9.17, 15) is 0 Å². The van der Waals surface area contributed by atoms with Crippen LogP contribution in [-0.4, -0.2) is 34.1 Å². The van der Waals surface area contributed by atoms with E-state index in [0.29, 0.717) is 5.92 Å². The van der Waals surface area contributed by atoms with Gasteiger partial charge in [-0.05, 0) is 25.7 Å². The van der Waals surface area contributed by atoms with E-state index in [1.54, 1.807) is 0 Å². The number of aromatic nitrogens is 3. The molecule has 96 valence electrons. The van der Waals surface area contributed by atoms with Crippen LogP contribution in [0.2, 0.25) is 0 Å². The molecule has 1 saturated heterocycles. The van der Waals surface area contributed by atoms with Crippen molar-refractivity contribution in [2.24, 2.45) is 5.92 Å². The molecule has 0 amide bonds. The summed E-state index contributed by atoms with van der Waals surface area (Å²) >= 11 is 0. The zero-order valence-corrected chi connectivity index (χ0v) is 10.6. The standard InChI is InChI=1S/C13H18N4O/c1-10-8-16-13-12(14-4-5-17(10)13)15-9-11-2-6-18-7-3-11/h4-5,8,11H,2-3,6-7,9H2,1H3,(H,14,15). The summed E-state index contributed by atoms with van der Waals surface area (Å²) in [7, 11) is 0. The summed E-state index contributed by atoms with van der Waals surface area (Å²) < 4.78 is 7.42. The van der Waals surface area contributed by atoms with Crippen molar-refractivity contribution in [2.75, 3.05) is 25.1 Å². The first kappa shape index (κ1) is 11.5. The number of anilines is 1. The van der Waals surface area contributed by atoms with Crippen LogP contribution in [0.4, 0.5) is 5.82 Å². The molecule has 0 unspecified atom stereocenters. The summed E-state index contributed by atoms with van der Waals surface area (Å²) in [4.78, 5) is 8.77. The molecule has 5 heteroatoms. The van der Waals surface area contributed by atoms with Crippen LogP contribution in [0.15, 0.2) is 18.6 Å². The predicted molar refractivity (Wildman–Crippen MR) is 69.8 cm³/mol. The number of nitrogens with one attached hydrogen (secondary N) is 1. The first-order valence-corrected chi connectivity index (χ1v) is 6.45. The highest BCUT2D eigenvalue weighted by molar-refractivity contribution is 5.62. The molecule has 0 spiro atoms. The largest absolute Gasteiger partial charge is 0.381 e. The quantitative estimate of drug-likeness (QED) is 0.898. The number of hydrogen-bond acceptors (Lipinski definition) is 4. The number of aryl methyl sites for hydroxylation is 1. The molecule has 18 heavy (non-hydrogen) atoms. The molecular weight excluding hydrogens is 228 g/mol. The smallest absolute Gasteiger partial charge is 0.180 e. The van der Waals surface area contributed by atoms with E-state index >= 15 is 0 Å². The van der Waals surface area contributed by atoms with Crippen molar-refractivity contribution in [3.8, 4) is 0 Å². The Kier molecular flexibility index (Phi) is 3.15. The van der Waals surface area contributed by atoms with Gasteiger partial charge in [0.15, 0.2) is 11.5 Å². The maximum Gasteiger partial charge on any atom is 0.180 e. The third-order valence-electron chi connectivity index (χ3n) is 3.51. The third-order valence-corrected chi connectivity index (χ3v) is 3.51. The zero-order valence-electron chi connectivity index (χ0n) is 10.6. The Hall–Kier alpha value is -1.62. The molecule has 0 atom stereocenters. The van der Waals surface area contributed by atoms with Crippen LogP contribution in [0.3, 0.4) is 0 Å². The third kappa shape index (κ3) is 2.18. The summed E-state index contributed by atoms with van der Waals surface area (Å²) in [5.74, 6) is 1.55. The average Bonchev–Trinajstić information content (AvgIpc) is 2.80. The molecule has 3 rings (SSSR count). The van der Waals surface area contributed by atoms with Crippen molar-refractivity contribution in [3.05, 3.63) is 24.3 Å². The van der Waals surface area contributed by atoms with Crippen LogP contribution in [0, 0.1) is 12.8 Å². The minimum atomic E-state index is 0.678.